The van der Waals surface area contributed by atoms with Gasteiger partial charge >= 0.3 is 6.18 Å². The van der Waals surface area contributed by atoms with Crippen LogP contribution in [-0.2, 0) is 25.2 Å². The maximum Gasteiger partial charge on any atom is 0.416 e. The predicted molar refractivity (Wildman–Crippen MR) is 118 cm³/mol. The van der Waals surface area contributed by atoms with Gasteiger partial charge in [0, 0.05) is 30.8 Å². The zero-order valence-corrected chi connectivity index (χ0v) is 20.0. The Balaban J connectivity index is 2.10. The van der Waals surface area contributed by atoms with Crippen molar-refractivity contribution in [3.8, 4) is 5.75 Å². The molecule has 1 fully saturated rings. The Hall–Kier alpha value is -2.55. The topological polar surface area (TPSA) is 68.8 Å². The van der Waals surface area contributed by atoms with E-state index in [0.29, 0.717) is 18.0 Å². The van der Waals surface area contributed by atoms with Gasteiger partial charge in [0.2, 0.25) is 0 Å². The van der Waals surface area contributed by atoms with E-state index in [1.165, 1.54) is 13.8 Å². The molecule has 1 saturated carbocycles. The fraction of sp³-hybridized carbons (Fsp3) is 0.583. The lowest BCUT2D eigenvalue weighted by molar-refractivity contribution is -0.137. The van der Waals surface area contributed by atoms with Crippen LogP contribution in [0.1, 0.15) is 69.1 Å². The highest BCUT2D eigenvalue weighted by atomic mass is 19.4. The summed E-state index contributed by atoms with van der Waals surface area (Å²) in [5.41, 5.74) is -1.36. The second kappa shape index (κ2) is 8.66. The van der Waals surface area contributed by atoms with Gasteiger partial charge in [0.05, 0.1) is 16.7 Å². The zero-order valence-electron chi connectivity index (χ0n) is 20.0. The van der Waals surface area contributed by atoms with Crippen LogP contribution in [0.25, 0.3) is 0 Å². The van der Waals surface area contributed by atoms with Crippen molar-refractivity contribution in [3.63, 3.8) is 0 Å². The van der Waals surface area contributed by atoms with Gasteiger partial charge in [-0.15, -0.1) is 0 Å². The van der Waals surface area contributed by atoms with E-state index in [9.17, 15) is 23.1 Å². The molecule has 0 aliphatic heterocycles. The normalized spacial score (nSPS) is 15.8. The smallest absolute Gasteiger partial charge is 0.416 e. The van der Waals surface area contributed by atoms with Crippen LogP contribution in [0.2, 0.25) is 0 Å². The summed E-state index contributed by atoms with van der Waals surface area (Å²) < 4.78 is 49.4. The molecule has 0 bridgehead atoms. The third-order valence-corrected chi connectivity index (χ3v) is 5.47. The second-order valence-electron chi connectivity index (χ2n) is 10.4. The highest BCUT2D eigenvalue weighted by Crippen LogP contribution is 2.33. The standard InChI is InChI=1S/C24H32F3N3O3/c1-22(2,3)19-12-20(30(29(19)6)13-15-7-8-15)28-21(31)17-11-16(24(25,26)27)9-10-18(17)33-14-23(4,5)32/h9-12,15,32H,7-8,13-14H2,1-6H3/b28-20+. The number of hydrogen-bond acceptors (Lipinski definition) is 3. The van der Waals surface area contributed by atoms with Crippen molar-refractivity contribution in [1.82, 2.24) is 9.36 Å². The van der Waals surface area contributed by atoms with Crippen LogP contribution in [0.4, 0.5) is 13.2 Å². The van der Waals surface area contributed by atoms with Crippen molar-refractivity contribution in [2.75, 3.05) is 6.61 Å². The van der Waals surface area contributed by atoms with E-state index < -0.39 is 23.2 Å². The maximum absolute atomic E-state index is 13.3. The molecule has 1 heterocycles. The van der Waals surface area contributed by atoms with Gasteiger partial charge in [0.1, 0.15) is 12.4 Å². The van der Waals surface area contributed by atoms with E-state index in [2.05, 4.69) is 4.99 Å². The van der Waals surface area contributed by atoms with E-state index in [4.69, 9.17) is 4.74 Å². The molecule has 182 valence electrons. The fourth-order valence-corrected chi connectivity index (χ4v) is 3.54. The molecule has 6 nitrogen and oxygen atoms in total. The number of carbonyl (C=O) groups excluding carboxylic acids is 1. The second-order valence-corrected chi connectivity index (χ2v) is 10.4. The predicted octanol–water partition coefficient (Wildman–Crippen LogP) is 4.44. The Kier molecular flexibility index (Phi) is 6.59. The first kappa shape index (κ1) is 25.1. The van der Waals surface area contributed by atoms with E-state index in [1.54, 1.807) is 0 Å². The molecule has 0 unspecified atom stereocenters. The molecule has 1 aliphatic rings. The summed E-state index contributed by atoms with van der Waals surface area (Å²) in [6.45, 7) is 9.63. The van der Waals surface area contributed by atoms with E-state index in [0.717, 1.165) is 36.7 Å². The molecule has 0 saturated heterocycles. The summed E-state index contributed by atoms with van der Waals surface area (Å²) in [5, 5.41) is 9.94. The molecule has 0 spiro atoms. The molecule has 1 aromatic heterocycles. The first-order valence-electron chi connectivity index (χ1n) is 11.0. The minimum absolute atomic E-state index is 0.0559. The highest BCUT2D eigenvalue weighted by Gasteiger charge is 2.32. The Labute approximate surface area is 191 Å². The maximum atomic E-state index is 13.3. The largest absolute Gasteiger partial charge is 0.490 e. The molecule has 1 N–H and O–H groups in total. The average Bonchev–Trinajstić information content (AvgIpc) is 3.43. The van der Waals surface area contributed by atoms with E-state index in [1.807, 2.05) is 43.2 Å². The number of carbonyl (C=O) groups is 1. The number of ether oxygens (including phenoxy) is 1. The lowest BCUT2D eigenvalue weighted by Gasteiger charge is -2.20. The number of nitrogens with zero attached hydrogens (tertiary/aromatic N) is 3. The zero-order chi connectivity index (χ0) is 24.8. The molecular weight excluding hydrogens is 435 g/mol. The van der Waals surface area contributed by atoms with Crippen molar-refractivity contribution in [2.45, 2.75) is 71.2 Å². The highest BCUT2D eigenvalue weighted by molar-refractivity contribution is 5.97. The molecule has 1 aliphatic carbocycles. The summed E-state index contributed by atoms with van der Waals surface area (Å²) >= 11 is 0. The lowest BCUT2D eigenvalue weighted by atomic mass is 9.92. The summed E-state index contributed by atoms with van der Waals surface area (Å²) in [5.74, 6) is -0.387. The molecule has 9 heteroatoms. The summed E-state index contributed by atoms with van der Waals surface area (Å²) in [6.07, 6.45) is -2.43. The molecule has 33 heavy (non-hydrogen) atoms. The van der Waals surface area contributed by atoms with Crippen LogP contribution < -0.4 is 10.2 Å². The average molecular weight is 468 g/mol. The van der Waals surface area contributed by atoms with Crippen LogP contribution in [0, 0.1) is 5.92 Å². The van der Waals surface area contributed by atoms with Crippen molar-refractivity contribution in [1.29, 1.82) is 0 Å². The van der Waals surface area contributed by atoms with Gasteiger partial charge in [0.25, 0.3) is 5.91 Å². The quantitative estimate of drug-likeness (QED) is 0.683. The number of benzene rings is 1. The number of alkyl halides is 3. The van der Waals surface area contributed by atoms with Gasteiger partial charge in [-0.2, -0.15) is 18.2 Å². The third kappa shape index (κ3) is 6.28. The molecule has 0 atom stereocenters. The van der Waals surface area contributed by atoms with Crippen molar-refractivity contribution >= 4 is 5.91 Å². The van der Waals surface area contributed by atoms with Crippen LogP contribution in [0.15, 0.2) is 29.3 Å². The molecular formula is C24H32F3N3O3. The van der Waals surface area contributed by atoms with Crippen molar-refractivity contribution in [3.05, 3.63) is 46.6 Å². The summed E-state index contributed by atoms with van der Waals surface area (Å²) in [7, 11) is 1.90. The van der Waals surface area contributed by atoms with Crippen LogP contribution >= 0.6 is 0 Å². The number of rotatable bonds is 6. The van der Waals surface area contributed by atoms with Gasteiger partial charge in [-0.25, -0.2) is 0 Å². The number of halogens is 3. The summed E-state index contributed by atoms with van der Waals surface area (Å²) in [4.78, 5) is 17.4. The molecule has 1 amide bonds. The van der Waals surface area contributed by atoms with Crippen LogP contribution in [0.3, 0.4) is 0 Å². The van der Waals surface area contributed by atoms with Crippen LogP contribution in [-0.4, -0.2) is 32.6 Å². The Morgan fingerprint density at radius 3 is 2.30 bits per heavy atom. The Morgan fingerprint density at radius 1 is 1.15 bits per heavy atom. The van der Waals surface area contributed by atoms with Gasteiger partial charge in [0.15, 0.2) is 5.49 Å². The number of aliphatic hydroxyl groups is 1. The van der Waals surface area contributed by atoms with E-state index in [-0.39, 0.29) is 23.3 Å². The van der Waals surface area contributed by atoms with Crippen LogP contribution in [0.5, 0.6) is 5.75 Å². The number of hydrogen-bond donors (Lipinski definition) is 1. The van der Waals surface area contributed by atoms with Crippen molar-refractivity contribution in [2.24, 2.45) is 18.0 Å². The monoisotopic (exact) mass is 467 g/mol. The first-order chi connectivity index (χ1) is 15.1. The fourth-order valence-electron chi connectivity index (χ4n) is 3.54. The van der Waals surface area contributed by atoms with Gasteiger partial charge < -0.3 is 9.84 Å². The number of aromatic nitrogens is 2. The van der Waals surface area contributed by atoms with Gasteiger partial charge in [-0.05, 0) is 50.8 Å². The molecule has 1 aromatic carbocycles. The van der Waals surface area contributed by atoms with E-state index >= 15 is 0 Å². The summed E-state index contributed by atoms with van der Waals surface area (Å²) in [6, 6.07) is 4.51. The van der Waals surface area contributed by atoms with Gasteiger partial charge in [-0.3, -0.25) is 14.2 Å². The lowest BCUT2D eigenvalue weighted by Crippen LogP contribution is -2.28. The number of amides is 1. The van der Waals surface area contributed by atoms with Crippen molar-refractivity contribution < 1.29 is 27.8 Å². The minimum Gasteiger partial charge on any atom is -0.490 e. The van der Waals surface area contributed by atoms with Gasteiger partial charge in [-0.1, -0.05) is 20.8 Å². The minimum atomic E-state index is -4.62. The molecule has 3 rings (SSSR count). The third-order valence-electron chi connectivity index (χ3n) is 5.47. The molecule has 2 aromatic rings. The SMILES string of the molecule is Cn1c(C(C)(C)C)c/c(=N\C(=O)c2cc(C(F)(F)F)ccc2OCC(C)(C)O)n1CC1CC1. The first-order valence-corrected chi connectivity index (χ1v) is 11.0. The Morgan fingerprint density at radius 2 is 1.79 bits per heavy atom. The molecule has 0 radical (unpaired) electrons. The Bertz CT molecular complexity index is 1100.